The highest BCUT2D eigenvalue weighted by Crippen LogP contribution is 2.45. The van der Waals surface area contributed by atoms with Crippen molar-refractivity contribution < 1.29 is 38.2 Å². The summed E-state index contributed by atoms with van der Waals surface area (Å²) in [7, 11) is 6.71. The van der Waals surface area contributed by atoms with Crippen molar-refractivity contribution in [2.24, 2.45) is 5.41 Å². The third-order valence-corrected chi connectivity index (χ3v) is 16.2. The number of hydrazine groups is 1. The van der Waals surface area contributed by atoms with Crippen LogP contribution in [0, 0.1) is 5.41 Å². The summed E-state index contributed by atoms with van der Waals surface area (Å²) in [5.74, 6) is -1.51. The average molecular weight is 1040 g/mol. The van der Waals surface area contributed by atoms with Crippen LogP contribution >= 0.6 is 11.3 Å². The zero-order chi connectivity index (χ0) is 52.5. The third-order valence-electron chi connectivity index (χ3n) is 15.3. The maximum absolute atomic E-state index is 14.8. The fourth-order valence-corrected chi connectivity index (χ4v) is 12.0. The number of nitrogens with one attached hydrogen (secondary N) is 2. The maximum atomic E-state index is 14.8. The van der Waals surface area contributed by atoms with E-state index in [1.165, 1.54) is 21.2 Å². The summed E-state index contributed by atoms with van der Waals surface area (Å²) < 4.78 is 19.7. The van der Waals surface area contributed by atoms with E-state index in [4.69, 9.17) is 24.2 Å². The fourth-order valence-electron chi connectivity index (χ4n) is 11.1. The minimum atomic E-state index is -1.12. The number of cyclic esters (lactones) is 1. The van der Waals surface area contributed by atoms with Gasteiger partial charge in [-0.25, -0.2) is 15.2 Å². The summed E-state index contributed by atoms with van der Waals surface area (Å²) in [4.78, 5) is 90.2. The molecule has 2 N–H and O–H groups in total. The first kappa shape index (κ1) is 53.1. The Labute approximate surface area is 438 Å². The molecule has 0 unspecified atom stereocenters. The molecular weight excluding hydrogens is 963 g/mol. The first-order chi connectivity index (χ1) is 35.5. The Balaban J connectivity index is 0.986. The van der Waals surface area contributed by atoms with Crippen LogP contribution in [-0.4, -0.2) is 191 Å². The van der Waals surface area contributed by atoms with E-state index in [0.29, 0.717) is 76.8 Å². The van der Waals surface area contributed by atoms with Gasteiger partial charge in [-0.2, -0.15) is 0 Å². The van der Waals surface area contributed by atoms with Gasteiger partial charge in [0.25, 0.3) is 11.8 Å². The Morgan fingerprint density at radius 2 is 1.85 bits per heavy atom. The lowest BCUT2D eigenvalue weighted by molar-refractivity contribution is -0.155. The smallest absolute Gasteiger partial charge is 0.324 e. The number of aromatic nitrogens is 3. The molecule has 19 nitrogen and oxygen atoms in total. The Kier molecular flexibility index (Phi) is 15.9. The predicted octanol–water partition coefficient (Wildman–Crippen LogP) is 4.71. The van der Waals surface area contributed by atoms with E-state index in [1.54, 1.807) is 50.3 Å². The van der Waals surface area contributed by atoms with Gasteiger partial charge in [0, 0.05) is 118 Å². The summed E-state index contributed by atoms with van der Waals surface area (Å²) in [5, 5.41) is 8.10. The second kappa shape index (κ2) is 22.2. The van der Waals surface area contributed by atoms with Crippen LogP contribution in [-0.2, 0) is 52.8 Å². The highest BCUT2D eigenvalue weighted by molar-refractivity contribution is 7.10. The number of urea groups is 1. The quantitative estimate of drug-likeness (QED) is 0.120. The largest absolute Gasteiger partial charge is 0.464 e. The molecule has 0 radical (unpaired) electrons. The second-order valence-corrected chi connectivity index (χ2v) is 22.4. The number of fused-ring (bicyclic) bond motifs is 6. The van der Waals surface area contributed by atoms with Crippen molar-refractivity contribution in [2.45, 2.75) is 103 Å². The van der Waals surface area contributed by atoms with Crippen molar-refractivity contribution in [1.29, 1.82) is 0 Å². The lowest BCUT2D eigenvalue weighted by Crippen LogP contribution is -2.65. The van der Waals surface area contributed by atoms with Crippen LogP contribution in [0.25, 0.3) is 33.4 Å². The molecule has 4 aromatic rings. The third kappa shape index (κ3) is 11.1. The number of hydrogen-bond donors (Lipinski definition) is 2. The number of rotatable bonds is 11. The molecule has 1 aliphatic carbocycles. The maximum Gasteiger partial charge on any atom is 0.324 e. The van der Waals surface area contributed by atoms with E-state index in [1.807, 2.05) is 29.3 Å². The summed E-state index contributed by atoms with van der Waals surface area (Å²) in [5.41, 5.74) is 8.80. The molecule has 9 rings (SSSR count). The van der Waals surface area contributed by atoms with E-state index in [0.717, 1.165) is 70.6 Å². The molecule has 398 valence electrons. The van der Waals surface area contributed by atoms with Crippen LogP contribution in [0.3, 0.4) is 0 Å². The van der Waals surface area contributed by atoms with E-state index >= 15 is 0 Å². The standard InChI is InChI=1S/C54H73N11O8S/c1-9-63-43-17-16-36-29-38(43)39(47(63)37-13-10-20-55-46(37)35(2)71-8)31-53(3,4)34-73-51(69)40-14-11-22-65(58-40)50(68)41(30-44-56-42(36)32-74-44)57-48(67)49(59(5)6)60(7)52(70)62-23-24-64(54(33-62)18-19-54)45(66)15-12-21-61-25-27-72-28-26-61/h10,12-13,15-17,20,29,32,35,40-41,49,58H,9,11,14,18-19,21-28,30-31,33-34H2,1-8H3,(H,57,67)/b15-12+/t35-,40-,41-,49+/m0/s1. The van der Waals surface area contributed by atoms with Crippen LogP contribution in [0.5, 0.6) is 0 Å². The van der Waals surface area contributed by atoms with Gasteiger partial charge in [0.05, 0.1) is 53.6 Å². The molecule has 1 saturated carbocycles. The van der Waals surface area contributed by atoms with Gasteiger partial charge >= 0.3 is 12.0 Å². The number of morpholine rings is 1. The first-order valence-corrected chi connectivity index (χ1v) is 27.0. The van der Waals surface area contributed by atoms with Gasteiger partial charge in [-0.1, -0.05) is 26.0 Å². The van der Waals surface area contributed by atoms with Crippen LogP contribution in [0.2, 0.25) is 0 Å². The topological polar surface area (TPSA) is 187 Å². The number of benzene rings is 1. The normalized spacial score (nSPS) is 22.2. The molecule has 6 bridgehead atoms. The van der Waals surface area contributed by atoms with Gasteiger partial charge in [-0.15, -0.1) is 11.3 Å². The number of nitrogens with zero attached hydrogens (tertiary/aromatic N) is 9. The number of carbonyl (C=O) groups excluding carboxylic acids is 5. The van der Waals surface area contributed by atoms with Crippen molar-refractivity contribution >= 4 is 52.0 Å². The number of thiazole rings is 1. The molecule has 1 aromatic carbocycles. The Morgan fingerprint density at radius 1 is 1.07 bits per heavy atom. The van der Waals surface area contributed by atoms with Crippen LogP contribution in [0.1, 0.15) is 75.7 Å². The Hall–Kier alpha value is -5.77. The Morgan fingerprint density at radius 3 is 2.58 bits per heavy atom. The van der Waals surface area contributed by atoms with Crippen LogP contribution < -0.4 is 10.7 Å². The molecule has 4 fully saturated rings. The van der Waals surface area contributed by atoms with Gasteiger partial charge < -0.3 is 38.8 Å². The van der Waals surface area contributed by atoms with E-state index < -0.39 is 47.0 Å². The number of carbonyl (C=O) groups is 5. The van der Waals surface area contributed by atoms with E-state index in [9.17, 15) is 24.0 Å². The first-order valence-electron chi connectivity index (χ1n) is 26.1. The lowest BCUT2D eigenvalue weighted by Gasteiger charge is -2.44. The van der Waals surface area contributed by atoms with Crippen molar-refractivity contribution in [2.75, 3.05) is 93.9 Å². The molecule has 74 heavy (non-hydrogen) atoms. The second-order valence-electron chi connectivity index (χ2n) is 21.5. The number of esters is 1. The number of likely N-dealkylation sites (N-methyl/N-ethyl adjacent to an activating group) is 2. The summed E-state index contributed by atoms with van der Waals surface area (Å²) >= 11 is 1.40. The monoisotopic (exact) mass is 1040 g/mol. The lowest BCUT2D eigenvalue weighted by atomic mass is 9.84. The number of amides is 5. The average Bonchev–Trinajstić information content (AvgIpc) is 3.87. The molecule has 7 heterocycles. The minimum Gasteiger partial charge on any atom is -0.464 e. The predicted molar refractivity (Wildman–Crippen MR) is 282 cm³/mol. The van der Waals surface area contributed by atoms with Crippen molar-refractivity contribution in [3.8, 4) is 22.5 Å². The van der Waals surface area contributed by atoms with Gasteiger partial charge in [0.2, 0.25) is 5.91 Å². The number of hydrogen-bond acceptors (Lipinski definition) is 14. The highest BCUT2D eigenvalue weighted by atomic mass is 32.1. The number of aryl methyl sites for hydroxylation is 1. The molecule has 5 aliphatic rings. The van der Waals surface area contributed by atoms with E-state index in [-0.39, 0.29) is 31.1 Å². The van der Waals surface area contributed by atoms with Crippen molar-refractivity contribution in [3.63, 3.8) is 0 Å². The van der Waals surface area contributed by atoms with Crippen LogP contribution in [0.15, 0.2) is 54.1 Å². The number of piperazine rings is 1. The van der Waals surface area contributed by atoms with Gasteiger partial charge in [0.1, 0.15) is 12.1 Å². The zero-order valence-corrected chi connectivity index (χ0v) is 45.0. The number of ether oxygens (including phenoxy) is 3. The minimum absolute atomic E-state index is 0.0548. The highest BCUT2D eigenvalue weighted by Gasteiger charge is 2.54. The zero-order valence-electron chi connectivity index (χ0n) is 44.2. The van der Waals surface area contributed by atoms with Gasteiger partial charge in [0.15, 0.2) is 6.17 Å². The molecule has 4 aliphatic heterocycles. The summed E-state index contributed by atoms with van der Waals surface area (Å²) in [6.45, 7) is 14.2. The molecule has 1 spiro atoms. The van der Waals surface area contributed by atoms with E-state index in [2.05, 4.69) is 65.2 Å². The molecule has 4 atom stereocenters. The number of methoxy groups -OCH3 is 1. The molecule has 20 heteroatoms. The fraction of sp³-hybridized carbons (Fsp3) is 0.574. The summed E-state index contributed by atoms with van der Waals surface area (Å²) in [6, 6.07) is 8.15. The van der Waals surface area contributed by atoms with Crippen LogP contribution in [0.4, 0.5) is 4.79 Å². The van der Waals surface area contributed by atoms with Gasteiger partial charge in [-0.05, 0) is 89.9 Å². The number of pyridine rings is 1. The molecule has 5 amide bonds. The molecule has 3 aromatic heterocycles. The Bertz CT molecular complexity index is 2760. The van der Waals surface area contributed by atoms with Gasteiger partial charge in [-0.3, -0.25) is 39.0 Å². The van der Waals surface area contributed by atoms with Crippen molar-refractivity contribution in [1.82, 2.24) is 54.8 Å². The molecular formula is C54H73N11O8S. The molecule has 3 saturated heterocycles. The SMILES string of the molecule is CCn1c(-c2cccnc2[C@H](C)OC)c2c3cc(ccc31)-c1csc(n1)C[C@H](NC(=O)[C@H](N(C)C)N(C)C(=O)N1CCN(C(=O)/C=C/CN3CCOCC3)C3(CC3)C1)C(=O)N1CCC[C@H](N1)C(=O)OCC(C)(C)C2. The van der Waals surface area contributed by atoms with Crippen molar-refractivity contribution in [3.05, 3.63) is 70.3 Å². The summed E-state index contributed by atoms with van der Waals surface area (Å²) in [6.07, 6.45) is 7.18.